The number of nitrogens with two attached hydrogens (primary N) is 1. The number of nitrogens with zero attached hydrogens (tertiary/aromatic N) is 2. The van der Waals surface area contributed by atoms with Crippen molar-refractivity contribution in [3.05, 3.63) is 100 Å². The molecule has 5 rings (SSSR count). The van der Waals surface area contributed by atoms with E-state index in [0.29, 0.717) is 36.4 Å². The van der Waals surface area contributed by atoms with Crippen LogP contribution in [0.5, 0.6) is 0 Å². The number of aromatic amines is 1. The number of unbranched alkanes of at least 4 members (excludes halogenated alkanes) is 2. The van der Waals surface area contributed by atoms with Gasteiger partial charge in [-0.2, -0.15) is 0 Å². The Labute approximate surface area is 233 Å². The number of Topliss-reactive ketones (excluding diaryl/α,β-unsaturated/α-hetero) is 1. The molecule has 5 aromatic rings. The number of benzene rings is 3. The number of carbonyl (C=O) groups excluding carboxylic acids is 2. The van der Waals surface area contributed by atoms with E-state index in [4.69, 9.17) is 5.73 Å². The van der Waals surface area contributed by atoms with Crippen molar-refractivity contribution < 1.29 is 18.4 Å². The van der Waals surface area contributed by atoms with Crippen molar-refractivity contribution >= 4 is 39.5 Å². The van der Waals surface area contributed by atoms with Crippen LogP contribution in [-0.2, 0) is 0 Å². The SMILES string of the molecule is Nc1c(F)ccc(F)c1C(=O)CCCCC[C@H](NC(=O)c1cncs1)c1ncc(-c2ccc3ccccc3c2)[nH]1. The summed E-state index contributed by atoms with van der Waals surface area (Å²) in [5.41, 5.74) is 8.14. The molecule has 2 aromatic heterocycles. The molecule has 0 spiro atoms. The van der Waals surface area contributed by atoms with E-state index < -0.39 is 34.7 Å². The molecule has 2 heterocycles. The molecule has 0 fully saturated rings. The van der Waals surface area contributed by atoms with Gasteiger partial charge in [-0.3, -0.25) is 14.6 Å². The summed E-state index contributed by atoms with van der Waals surface area (Å²) in [5.74, 6) is -1.80. The Balaban J connectivity index is 1.25. The van der Waals surface area contributed by atoms with Gasteiger partial charge in [0.15, 0.2) is 5.78 Å². The predicted octanol–water partition coefficient (Wildman–Crippen LogP) is 6.85. The number of aromatic nitrogens is 3. The lowest BCUT2D eigenvalue weighted by Crippen LogP contribution is -2.28. The molecular weight excluding hydrogens is 532 g/mol. The molecule has 0 saturated carbocycles. The number of thiazole rings is 1. The molecule has 40 heavy (non-hydrogen) atoms. The van der Waals surface area contributed by atoms with Crippen LogP contribution in [0.15, 0.2) is 72.5 Å². The number of carbonyl (C=O) groups is 2. The topological polar surface area (TPSA) is 114 Å². The van der Waals surface area contributed by atoms with Crippen LogP contribution < -0.4 is 11.1 Å². The van der Waals surface area contributed by atoms with Crippen molar-refractivity contribution in [1.29, 1.82) is 0 Å². The average molecular weight is 560 g/mol. The maximum Gasteiger partial charge on any atom is 0.263 e. The molecule has 0 aliphatic carbocycles. The number of nitrogens with one attached hydrogen (secondary N) is 2. The van der Waals surface area contributed by atoms with Crippen LogP contribution in [0.2, 0.25) is 0 Å². The average Bonchev–Trinajstić information content (AvgIpc) is 3.67. The van der Waals surface area contributed by atoms with Gasteiger partial charge >= 0.3 is 0 Å². The lowest BCUT2D eigenvalue weighted by molar-refractivity contribution is 0.0935. The van der Waals surface area contributed by atoms with Gasteiger partial charge in [0.25, 0.3) is 5.91 Å². The summed E-state index contributed by atoms with van der Waals surface area (Å²) < 4.78 is 27.8. The molecule has 10 heteroatoms. The number of rotatable bonds is 11. The first kappa shape index (κ1) is 27.1. The summed E-state index contributed by atoms with van der Waals surface area (Å²) >= 11 is 1.25. The number of nitrogen functional groups attached to an aromatic ring is 1. The van der Waals surface area contributed by atoms with E-state index in [0.717, 1.165) is 34.2 Å². The first-order valence-electron chi connectivity index (χ1n) is 12.9. The van der Waals surface area contributed by atoms with Gasteiger partial charge in [0.2, 0.25) is 0 Å². The summed E-state index contributed by atoms with van der Waals surface area (Å²) in [4.78, 5) is 37.7. The van der Waals surface area contributed by atoms with Crippen molar-refractivity contribution in [3.8, 4) is 11.3 Å². The Hall–Kier alpha value is -4.44. The highest BCUT2D eigenvalue weighted by Crippen LogP contribution is 2.27. The van der Waals surface area contributed by atoms with Gasteiger partial charge in [-0.1, -0.05) is 49.2 Å². The van der Waals surface area contributed by atoms with Crippen molar-refractivity contribution in [3.63, 3.8) is 0 Å². The second-order valence-electron chi connectivity index (χ2n) is 9.48. The van der Waals surface area contributed by atoms with Gasteiger partial charge in [-0.05, 0) is 41.8 Å². The summed E-state index contributed by atoms with van der Waals surface area (Å²) in [6, 6.07) is 15.7. The molecule has 0 saturated heterocycles. The van der Waals surface area contributed by atoms with E-state index in [1.54, 1.807) is 11.7 Å². The van der Waals surface area contributed by atoms with Crippen LogP contribution in [-0.4, -0.2) is 26.6 Å². The van der Waals surface area contributed by atoms with Gasteiger partial charge in [-0.25, -0.2) is 13.8 Å². The molecular formula is C30H27F2N5O2S. The Kier molecular flexibility index (Phi) is 8.26. The fourth-order valence-electron chi connectivity index (χ4n) is 4.64. The second-order valence-corrected chi connectivity index (χ2v) is 10.4. The third kappa shape index (κ3) is 6.07. The van der Waals surface area contributed by atoms with E-state index >= 15 is 0 Å². The lowest BCUT2D eigenvalue weighted by Gasteiger charge is -2.16. The van der Waals surface area contributed by atoms with Crippen LogP contribution in [0.1, 0.15) is 64.0 Å². The highest BCUT2D eigenvalue weighted by atomic mass is 32.1. The number of amides is 1. The quantitative estimate of drug-likeness (QED) is 0.0930. The maximum absolute atomic E-state index is 14.1. The molecule has 0 aliphatic heterocycles. The smallest absolute Gasteiger partial charge is 0.263 e. The number of H-pyrrole nitrogens is 1. The van der Waals surface area contributed by atoms with E-state index in [2.05, 4.69) is 44.5 Å². The van der Waals surface area contributed by atoms with Gasteiger partial charge in [0, 0.05) is 12.0 Å². The van der Waals surface area contributed by atoms with Crippen LogP contribution in [0.3, 0.4) is 0 Å². The molecule has 4 N–H and O–H groups in total. The standard InChI is InChI=1S/C30H27F2N5O2S/c31-21-12-13-22(32)28(33)27(21)25(38)9-3-1-2-8-23(37-30(39)26-16-34-17-40-26)29-35-15-24(36-29)20-11-10-18-6-4-5-7-19(18)14-20/h4-7,10-17,23H,1-3,8-9,33H2,(H,35,36)(H,37,39)/t23-/m0/s1. The number of halogens is 2. The number of hydrogen-bond donors (Lipinski definition) is 3. The fourth-order valence-corrected chi connectivity index (χ4v) is 5.16. The summed E-state index contributed by atoms with van der Waals surface area (Å²) in [7, 11) is 0. The second kappa shape index (κ2) is 12.2. The zero-order valence-corrected chi connectivity index (χ0v) is 22.3. The summed E-state index contributed by atoms with van der Waals surface area (Å²) in [5, 5.41) is 5.29. The fraction of sp³-hybridized carbons (Fsp3) is 0.200. The molecule has 1 atom stereocenters. The first-order valence-corrected chi connectivity index (χ1v) is 13.8. The number of imidazole rings is 1. The third-order valence-corrected chi connectivity index (χ3v) is 7.54. The van der Waals surface area contributed by atoms with E-state index in [9.17, 15) is 18.4 Å². The van der Waals surface area contributed by atoms with Crippen LogP contribution in [0.25, 0.3) is 22.0 Å². The molecule has 3 aromatic carbocycles. The molecule has 0 radical (unpaired) electrons. The molecule has 0 aliphatic rings. The summed E-state index contributed by atoms with van der Waals surface area (Å²) in [6.07, 6.45) is 5.62. The molecule has 7 nitrogen and oxygen atoms in total. The monoisotopic (exact) mass is 559 g/mol. The number of ketones is 1. The minimum Gasteiger partial charge on any atom is -0.396 e. The Bertz CT molecular complexity index is 1650. The van der Waals surface area contributed by atoms with Gasteiger partial charge in [-0.15, -0.1) is 11.3 Å². The van der Waals surface area contributed by atoms with Crippen molar-refractivity contribution in [2.75, 3.05) is 5.73 Å². The third-order valence-electron chi connectivity index (χ3n) is 6.76. The zero-order chi connectivity index (χ0) is 28.1. The van der Waals surface area contributed by atoms with Crippen LogP contribution in [0, 0.1) is 11.6 Å². The van der Waals surface area contributed by atoms with E-state index in [1.165, 1.54) is 17.5 Å². The van der Waals surface area contributed by atoms with E-state index in [-0.39, 0.29) is 12.3 Å². The van der Waals surface area contributed by atoms with Crippen LogP contribution >= 0.6 is 11.3 Å². The van der Waals surface area contributed by atoms with Crippen molar-refractivity contribution in [2.24, 2.45) is 0 Å². The number of anilines is 1. The maximum atomic E-state index is 14.1. The minimum atomic E-state index is -0.824. The summed E-state index contributed by atoms with van der Waals surface area (Å²) in [6.45, 7) is 0. The largest absolute Gasteiger partial charge is 0.396 e. The highest BCUT2D eigenvalue weighted by molar-refractivity contribution is 7.11. The van der Waals surface area contributed by atoms with Gasteiger partial charge < -0.3 is 16.0 Å². The molecule has 0 bridgehead atoms. The van der Waals surface area contributed by atoms with Gasteiger partial charge in [0.05, 0.1) is 40.9 Å². The Morgan fingerprint density at radius 1 is 0.975 bits per heavy atom. The molecule has 1 amide bonds. The molecule has 204 valence electrons. The Morgan fingerprint density at radius 2 is 1.77 bits per heavy atom. The normalized spacial score (nSPS) is 11.9. The molecule has 0 unspecified atom stereocenters. The van der Waals surface area contributed by atoms with Crippen molar-refractivity contribution in [1.82, 2.24) is 20.3 Å². The van der Waals surface area contributed by atoms with Gasteiger partial charge in [0.1, 0.15) is 22.3 Å². The zero-order valence-electron chi connectivity index (χ0n) is 21.5. The highest BCUT2D eigenvalue weighted by Gasteiger charge is 2.21. The Morgan fingerprint density at radius 3 is 2.58 bits per heavy atom. The first-order chi connectivity index (χ1) is 19.4. The van der Waals surface area contributed by atoms with Crippen molar-refractivity contribution in [2.45, 2.75) is 38.1 Å². The van der Waals surface area contributed by atoms with Crippen LogP contribution in [0.4, 0.5) is 14.5 Å². The number of hydrogen-bond acceptors (Lipinski definition) is 6. The predicted molar refractivity (Wildman–Crippen MR) is 152 cm³/mol. The minimum absolute atomic E-state index is 0.0370. The lowest BCUT2D eigenvalue weighted by atomic mass is 10.0. The van der Waals surface area contributed by atoms with E-state index in [1.807, 2.05) is 18.2 Å². The number of fused-ring (bicyclic) bond motifs is 1.